The third-order valence-corrected chi connectivity index (χ3v) is 24.5. The molecule has 135 heavy (non-hydrogen) atoms. The summed E-state index contributed by atoms with van der Waals surface area (Å²) in [5, 5.41) is 51.5. The van der Waals surface area contributed by atoms with Crippen molar-refractivity contribution in [2.24, 2.45) is 28.9 Å². The Bertz CT molecular complexity index is 5190. The molecular formula is C90H127N25O19S. The Kier molecular flexibility index (Phi) is 40.9. The maximum Gasteiger partial charge on any atom is 0.246 e. The minimum atomic E-state index is -1.94. The number of primary amides is 3. The van der Waals surface area contributed by atoms with Crippen LogP contribution in [0.25, 0.3) is 21.8 Å². The van der Waals surface area contributed by atoms with Crippen LogP contribution in [0.2, 0.25) is 0 Å². The third-order valence-electron chi connectivity index (χ3n) is 23.4. The topological polar surface area (TPSA) is 673 Å². The molecule has 0 aliphatic carbocycles. The quantitative estimate of drug-likeness (QED) is 0.0130. The molecule has 8 rings (SSSR count). The third kappa shape index (κ3) is 31.3. The number of guanidine groups is 1. The fourth-order valence-corrected chi connectivity index (χ4v) is 16.8. The lowest BCUT2D eigenvalue weighted by molar-refractivity contribution is -0.149. The van der Waals surface area contributed by atoms with Crippen LogP contribution in [0.5, 0.6) is 0 Å². The molecular weight excluding hydrogens is 1770 g/mol. The molecule has 18 amide bonds. The summed E-state index contributed by atoms with van der Waals surface area (Å²) in [6.45, 7) is 6.36. The zero-order chi connectivity index (χ0) is 98.9. The van der Waals surface area contributed by atoms with E-state index in [2.05, 4.69) is 83.7 Å². The van der Waals surface area contributed by atoms with E-state index in [1.54, 1.807) is 105 Å². The molecule has 732 valence electrons. The molecule has 0 saturated carbocycles. The zero-order valence-corrected chi connectivity index (χ0v) is 77.8. The number of para-hydroxylation sites is 2. The van der Waals surface area contributed by atoms with Gasteiger partial charge in [-0.25, -0.2) is 4.98 Å². The van der Waals surface area contributed by atoms with Crippen LogP contribution in [0.1, 0.15) is 140 Å². The van der Waals surface area contributed by atoms with Gasteiger partial charge in [-0.15, -0.1) is 11.8 Å². The van der Waals surface area contributed by atoms with Crippen LogP contribution < -0.4 is 86.7 Å². The van der Waals surface area contributed by atoms with Gasteiger partial charge in [-0.3, -0.25) is 91.7 Å². The molecule has 0 spiro atoms. The Hall–Kier alpha value is -14.0. The first kappa shape index (κ1) is 106. The average Bonchev–Trinajstić information content (AvgIpc) is 1.80. The summed E-state index contributed by atoms with van der Waals surface area (Å²) in [6.07, 6.45) is 4.29. The smallest absolute Gasteiger partial charge is 0.246 e. The number of unbranched alkanes of at least 4 members (excludes halogenated alkanes) is 2. The number of hydrogen-bond donors (Lipinski definition) is 21. The largest absolute Gasteiger partial charge is 0.394 e. The number of nitrogens with zero attached hydrogens (tertiary/aromatic N) is 5. The monoisotopic (exact) mass is 1890 g/mol. The van der Waals surface area contributed by atoms with Crippen molar-refractivity contribution in [1.82, 2.24) is 103 Å². The Labute approximate surface area is 784 Å². The summed E-state index contributed by atoms with van der Waals surface area (Å²) in [5.41, 5.74) is 25.5. The summed E-state index contributed by atoms with van der Waals surface area (Å²) in [6, 6.07) is -0.127. The van der Waals surface area contributed by atoms with Crippen molar-refractivity contribution in [1.29, 1.82) is 5.41 Å². The number of likely N-dealkylation sites (N-methyl/N-ethyl adjacent to an activating group) is 3. The molecule has 0 radical (unpaired) electrons. The number of thioether (sulfide) groups is 1. The molecule has 0 unspecified atom stereocenters. The zero-order valence-electron chi connectivity index (χ0n) is 77.0. The lowest BCUT2D eigenvalue weighted by Gasteiger charge is -2.36. The van der Waals surface area contributed by atoms with Crippen LogP contribution in [0, 0.1) is 11.3 Å². The first-order chi connectivity index (χ1) is 64.3. The molecule has 3 aromatic heterocycles. The second kappa shape index (κ2) is 51.9. The highest BCUT2D eigenvalue weighted by Crippen LogP contribution is 2.26. The van der Waals surface area contributed by atoms with E-state index in [4.69, 9.17) is 28.3 Å². The Morgan fingerprint density at radius 1 is 0.511 bits per heavy atom. The standard InChI is InChI=1S/C90H127N25O19S/c1-9-11-29-69-84(129)103-59(28-20-32-97-90(94)95)78(123)111-68(77(122)100-44-74(93)119)46-135-47-75(120)102-64(35-51-22-14-13-15-23-51)86(131)112(6)50(5)76(121)108-66(40-73(92)118)88(133)115-33-21-31-70(115)85(130)107-62(38-54-43-96-48-101-54)81(126)104-60(34-49(3)4)79(124)106-63(39-72(91)117)82(127)105-61(36-52-41-98-57-26-18-16-24-55(52)57)80(125)110-67(45-116)83(128)109-65(37-53-42-99-58-27-19-17-25-56(53)58)87(132)114(8)71(30-12-10-2)89(134)113(69)7/h13-19,22-27,41-43,48-50,59-71,98-99,116H,9-12,20-21,28-40,44-47H2,1-8H3,(H2,91,117)(H2,92,118)(H2,93,119)(H,96,101)(H,100,122)(H,102,120)(H,103,129)(H,104,126)(H,105,127)(H,106,124)(H,107,130)(H,108,121)(H,109,128)(H,110,125)(H,111,123)(H4,94,95,97)/t50-,59-,60-,61-,62-,63-,64-,65-,66-,67-,68-,69-,70-,71-/m0/s1. The molecule has 44 nitrogen and oxygen atoms in total. The number of aliphatic hydroxyl groups excluding tert-OH is 1. The molecule has 2 aliphatic rings. The van der Waals surface area contributed by atoms with Crippen LogP contribution >= 0.6 is 11.8 Å². The number of benzene rings is 3. The van der Waals surface area contributed by atoms with E-state index in [9.17, 15) is 62.6 Å². The molecule has 6 aromatic rings. The highest BCUT2D eigenvalue weighted by atomic mass is 32.2. The maximum atomic E-state index is 15.7. The summed E-state index contributed by atoms with van der Waals surface area (Å²) >= 11 is 0.785. The molecule has 5 heterocycles. The van der Waals surface area contributed by atoms with Crippen LogP contribution in [-0.4, -0.2) is 300 Å². The lowest BCUT2D eigenvalue weighted by Crippen LogP contribution is -2.62. The van der Waals surface area contributed by atoms with E-state index >= 15 is 28.8 Å². The van der Waals surface area contributed by atoms with Gasteiger partial charge in [-0.1, -0.05) is 120 Å². The number of amides is 18. The minimum absolute atomic E-state index is 0.0114. The van der Waals surface area contributed by atoms with Crippen molar-refractivity contribution >= 4 is 146 Å². The van der Waals surface area contributed by atoms with E-state index in [0.29, 0.717) is 69.9 Å². The van der Waals surface area contributed by atoms with E-state index < -0.39 is 240 Å². The minimum Gasteiger partial charge on any atom is -0.394 e. The number of H-pyrrole nitrogens is 3. The number of nitrogens with one attached hydrogen (secondary N) is 16. The summed E-state index contributed by atoms with van der Waals surface area (Å²) in [4.78, 5) is 280. The summed E-state index contributed by atoms with van der Waals surface area (Å²) in [7, 11) is 3.91. The van der Waals surface area contributed by atoms with Gasteiger partial charge in [0.1, 0.15) is 84.6 Å². The number of aromatic nitrogens is 4. The van der Waals surface area contributed by atoms with Gasteiger partial charge < -0.3 is 126 Å². The van der Waals surface area contributed by atoms with Crippen LogP contribution in [0.15, 0.2) is 104 Å². The molecule has 2 saturated heterocycles. The van der Waals surface area contributed by atoms with Gasteiger partial charge in [0.2, 0.25) is 106 Å². The van der Waals surface area contributed by atoms with Crippen molar-refractivity contribution in [2.75, 3.05) is 58.9 Å². The van der Waals surface area contributed by atoms with E-state index in [-0.39, 0.29) is 83.7 Å². The van der Waals surface area contributed by atoms with E-state index in [0.717, 1.165) is 31.4 Å². The van der Waals surface area contributed by atoms with Gasteiger partial charge in [-0.2, -0.15) is 0 Å². The van der Waals surface area contributed by atoms with Crippen LogP contribution in [-0.2, 0) is 112 Å². The van der Waals surface area contributed by atoms with E-state index in [1.807, 2.05) is 13.8 Å². The van der Waals surface area contributed by atoms with Crippen molar-refractivity contribution in [3.63, 3.8) is 0 Å². The first-order valence-corrected chi connectivity index (χ1v) is 46.1. The van der Waals surface area contributed by atoms with Gasteiger partial charge in [0.25, 0.3) is 0 Å². The number of carbonyl (C=O) groups is 18. The Morgan fingerprint density at radius 3 is 1.61 bits per heavy atom. The number of carbonyl (C=O) groups excluding carboxylic acids is 18. The van der Waals surface area contributed by atoms with Crippen molar-refractivity contribution in [3.8, 4) is 0 Å². The number of imidazole rings is 1. The predicted molar refractivity (Wildman–Crippen MR) is 498 cm³/mol. The van der Waals surface area contributed by atoms with Crippen molar-refractivity contribution in [3.05, 3.63) is 126 Å². The number of fused-ring (bicyclic) bond motifs is 3. The molecule has 0 bridgehead atoms. The van der Waals surface area contributed by atoms with Gasteiger partial charge in [0.05, 0.1) is 38.1 Å². The molecule has 2 fully saturated rings. The fourth-order valence-electron chi connectivity index (χ4n) is 16.0. The molecule has 3 aromatic carbocycles. The van der Waals surface area contributed by atoms with Gasteiger partial charge in [0.15, 0.2) is 5.96 Å². The Balaban J connectivity index is 1.20. The lowest BCUT2D eigenvalue weighted by atomic mass is 10.00. The van der Waals surface area contributed by atoms with E-state index in [1.165, 1.54) is 40.6 Å². The number of nitrogens with two attached hydrogens (primary N) is 4. The second-order valence-corrected chi connectivity index (χ2v) is 35.2. The molecule has 14 atom stereocenters. The average molecular weight is 1900 g/mol. The number of aromatic amines is 3. The van der Waals surface area contributed by atoms with Gasteiger partial charge >= 0.3 is 0 Å². The Morgan fingerprint density at radius 2 is 1.01 bits per heavy atom. The van der Waals surface area contributed by atoms with Gasteiger partial charge in [-0.05, 0) is 86.6 Å². The summed E-state index contributed by atoms with van der Waals surface area (Å²) in [5.74, 6) is -19.5. The number of rotatable bonds is 28. The molecule has 2 aliphatic heterocycles. The highest BCUT2D eigenvalue weighted by molar-refractivity contribution is 8.00. The predicted octanol–water partition coefficient (Wildman–Crippen LogP) is -3.24. The summed E-state index contributed by atoms with van der Waals surface area (Å²) < 4.78 is 0. The highest BCUT2D eigenvalue weighted by Gasteiger charge is 2.44. The van der Waals surface area contributed by atoms with Crippen molar-refractivity contribution < 1.29 is 91.4 Å². The fraction of sp³-hybridized carbons (Fsp3) is 0.511. The number of hydrogen-bond acceptors (Lipinski definition) is 22. The van der Waals surface area contributed by atoms with Crippen LogP contribution in [0.3, 0.4) is 0 Å². The molecule has 45 heteroatoms. The van der Waals surface area contributed by atoms with Crippen LogP contribution in [0.4, 0.5) is 0 Å². The van der Waals surface area contributed by atoms with Crippen molar-refractivity contribution in [2.45, 2.75) is 228 Å². The second-order valence-electron chi connectivity index (χ2n) is 34.1. The SMILES string of the molecule is CCCC[C@H]1C(=O)N(C)[C@@H](CCCC)C(=O)N[C@@H](CCCNC(=N)N)C(=O)N[C@H](C(=O)NCC(N)=O)CSCC(=O)N[C@@H](Cc2ccccc2)C(=O)N(C)[C@@H](C)C(=O)N[C@@H](CC(N)=O)C(=O)N2CCC[C@H]2C(=O)N[C@@H](Cc2cnc[nH]2)C(=O)N[C@@H](CC(C)C)C(=O)N[C@@H](CC(N)=O)C(=O)N[C@@H](Cc2c[nH]c3ccccc23)C(=O)N[C@@H](CO)C(=O)N[C@@H](Cc2c[nH]c3ccccc23)C(=O)N1C. The maximum absolute atomic E-state index is 15.7. The first-order valence-electron chi connectivity index (χ1n) is 44.9. The number of aliphatic hydroxyl groups is 1. The molecule has 25 N–H and O–H groups in total. The van der Waals surface area contributed by atoms with Gasteiger partial charge in [0, 0.05) is 112 Å². The normalized spacial score (nSPS) is 23.7.